The van der Waals surface area contributed by atoms with Crippen LogP contribution in [0.5, 0.6) is 0 Å². The van der Waals surface area contributed by atoms with Crippen molar-refractivity contribution in [1.82, 2.24) is 10.2 Å². The van der Waals surface area contributed by atoms with Crippen LogP contribution in [0.4, 0.5) is 0 Å². The highest BCUT2D eigenvalue weighted by Crippen LogP contribution is 2.16. The summed E-state index contributed by atoms with van der Waals surface area (Å²) < 4.78 is 29.7. The molecule has 1 unspecified atom stereocenters. The number of ether oxygens (including phenoxy) is 1. The summed E-state index contributed by atoms with van der Waals surface area (Å²) in [6, 6.07) is 8.53. The van der Waals surface area contributed by atoms with Crippen LogP contribution < -0.4 is 5.32 Å². The molecule has 6 nitrogen and oxygen atoms in total. The Kier molecular flexibility index (Phi) is 6.41. The number of methoxy groups -OCH3 is 1. The quantitative estimate of drug-likeness (QED) is 0.618. The molecule has 1 aromatic rings. The molecule has 128 valence electrons. The first kappa shape index (κ1) is 17.7. The fourth-order valence-electron chi connectivity index (χ4n) is 2.77. The zero-order valence-corrected chi connectivity index (χ0v) is 14.6. The average Bonchev–Trinajstić information content (AvgIpc) is 3.01. The molecule has 1 heterocycles. The van der Waals surface area contributed by atoms with E-state index in [1.54, 1.807) is 38.4 Å². The Morgan fingerprint density at radius 2 is 2.13 bits per heavy atom. The van der Waals surface area contributed by atoms with Crippen LogP contribution in [0.3, 0.4) is 0 Å². The number of hydrogen-bond donors (Lipinski definition) is 1. The van der Waals surface area contributed by atoms with Crippen LogP contribution in [-0.4, -0.2) is 65.4 Å². The number of nitrogens with zero attached hydrogens (tertiary/aromatic N) is 2. The first-order valence-electron chi connectivity index (χ1n) is 7.79. The predicted molar refractivity (Wildman–Crippen MR) is 91.4 cm³/mol. The van der Waals surface area contributed by atoms with Gasteiger partial charge in [0.25, 0.3) is 0 Å². The van der Waals surface area contributed by atoms with Crippen molar-refractivity contribution < 1.29 is 13.2 Å². The zero-order chi connectivity index (χ0) is 16.7. The zero-order valence-electron chi connectivity index (χ0n) is 13.7. The van der Waals surface area contributed by atoms with Crippen molar-refractivity contribution in [2.24, 2.45) is 10.9 Å². The number of benzene rings is 1. The topological polar surface area (TPSA) is 71.0 Å². The maximum Gasteiger partial charge on any atom is 0.193 e. The molecule has 0 bridgehead atoms. The number of guanidine groups is 1. The Morgan fingerprint density at radius 3 is 2.78 bits per heavy atom. The molecule has 1 aromatic carbocycles. The molecule has 0 aliphatic carbocycles. The Bertz CT molecular complexity index is 617. The highest BCUT2D eigenvalue weighted by Gasteiger charge is 2.25. The highest BCUT2D eigenvalue weighted by molar-refractivity contribution is 7.91. The SMILES string of the molecule is CN=C(NCCS(=O)(=O)c1ccccc1)N1CCC(COC)C1. The Balaban J connectivity index is 1.85. The summed E-state index contributed by atoms with van der Waals surface area (Å²) in [6.07, 6.45) is 1.07. The fourth-order valence-corrected chi connectivity index (χ4v) is 3.95. The Labute approximate surface area is 138 Å². The van der Waals surface area contributed by atoms with Gasteiger partial charge in [-0.15, -0.1) is 0 Å². The van der Waals surface area contributed by atoms with E-state index < -0.39 is 9.84 Å². The van der Waals surface area contributed by atoms with E-state index in [4.69, 9.17) is 4.74 Å². The van der Waals surface area contributed by atoms with Gasteiger partial charge in [-0.1, -0.05) is 18.2 Å². The van der Waals surface area contributed by atoms with E-state index in [0.717, 1.165) is 32.1 Å². The number of hydrogen-bond acceptors (Lipinski definition) is 4. The van der Waals surface area contributed by atoms with Crippen molar-refractivity contribution in [2.45, 2.75) is 11.3 Å². The maximum absolute atomic E-state index is 12.3. The minimum Gasteiger partial charge on any atom is -0.384 e. The summed E-state index contributed by atoms with van der Waals surface area (Å²) in [5, 5.41) is 3.16. The van der Waals surface area contributed by atoms with Gasteiger partial charge in [-0.25, -0.2) is 8.42 Å². The standard InChI is InChI=1S/C16H25N3O3S/c1-17-16(19-10-8-14(12-19)13-22-2)18-9-11-23(20,21)15-6-4-3-5-7-15/h3-7,14H,8-13H2,1-2H3,(H,17,18). The molecule has 1 aliphatic heterocycles. The molecular weight excluding hydrogens is 314 g/mol. The minimum absolute atomic E-state index is 0.0470. The van der Waals surface area contributed by atoms with Crippen LogP contribution in [-0.2, 0) is 14.6 Å². The third kappa shape index (κ3) is 4.94. The van der Waals surface area contributed by atoms with Crippen molar-refractivity contribution in [2.75, 3.05) is 46.2 Å². The molecule has 0 amide bonds. The van der Waals surface area contributed by atoms with Gasteiger partial charge in [0.1, 0.15) is 0 Å². The van der Waals surface area contributed by atoms with E-state index in [-0.39, 0.29) is 5.75 Å². The first-order valence-corrected chi connectivity index (χ1v) is 9.44. The second kappa shape index (κ2) is 8.31. The average molecular weight is 339 g/mol. The molecule has 0 saturated carbocycles. The van der Waals surface area contributed by atoms with E-state index in [2.05, 4.69) is 15.2 Å². The molecular formula is C16H25N3O3S. The van der Waals surface area contributed by atoms with Gasteiger partial charge in [-0.2, -0.15) is 0 Å². The third-order valence-corrected chi connectivity index (χ3v) is 5.69. The lowest BCUT2D eigenvalue weighted by Gasteiger charge is -2.21. The molecule has 1 N–H and O–H groups in total. The van der Waals surface area contributed by atoms with Crippen LogP contribution >= 0.6 is 0 Å². The Morgan fingerprint density at radius 1 is 1.39 bits per heavy atom. The molecule has 1 atom stereocenters. The number of rotatable bonds is 6. The third-order valence-electron chi connectivity index (χ3n) is 3.96. The van der Waals surface area contributed by atoms with Crippen LogP contribution in [0, 0.1) is 5.92 Å². The Hall–Kier alpha value is -1.60. The molecule has 2 rings (SSSR count). The van der Waals surface area contributed by atoms with Crippen LogP contribution in [0.1, 0.15) is 6.42 Å². The molecule has 0 aromatic heterocycles. The van der Waals surface area contributed by atoms with Gasteiger partial charge in [0, 0.05) is 39.7 Å². The summed E-state index contributed by atoms with van der Waals surface area (Å²) in [4.78, 5) is 6.76. The first-order chi connectivity index (χ1) is 11.1. The van der Waals surface area contributed by atoms with E-state index in [9.17, 15) is 8.42 Å². The van der Waals surface area contributed by atoms with Crippen LogP contribution in [0.15, 0.2) is 40.2 Å². The van der Waals surface area contributed by atoms with Gasteiger partial charge in [-0.05, 0) is 18.6 Å². The van der Waals surface area contributed by atoms with E-state index in [0.29, 0.717) is 17.4 Å². The van der Waals surface area contributed by atoms with E-state index in [1.807, 2.05) is 6.07 Å². The largest absolute Gasteiger partial charge is 0.384 e. The lowest BCUT2D eigenvalue weighted by Crippen LogP contribution is -2.42. The van der Waals surface area contributed by atoms with Gasteiger partial charge in [0.15, 0.2) is 15.8 Å². The predicted octanol–water partition coefficient (Wildman–Crippen LogP) is 1.00. The molecule has 7 heteroatoms. The normalized spacial score (nSPS) is 19.1. The monoisotopic (exact) mass is 339 g/mol. The van der Waals surface area contributed by atoms with Gasteiger partial charge < -0.3 is 15.0 Å². The van der Waals surface area contributed by atoms with Gasteiger partial charge >= 0.3 is 0 Å². The van der Waals surface area contributed by atoms with Crippen molar-refractivity contribution in [3.63, 3.8) is 0 Å². The van der Waals surface area contributed by atoms with Gasteiger partial charge in [0.05, 0.1) is 17.3 Å². The lowest BCUT2D eigenvalue weighted by atomic mass is 10.1. The van der Waals surface area contributed by atoms with Crippen molar-refractivity contribution >= 4 is 15.8 Å². The summed E-state index contributed by atoms with van der Waals surface area (Å²) in [6.45, 7) is 2.89. The van der Waals surface area contributed by atoms with Gasteiger partial charge in [0.2, 0.25) is 0 Å². The second-order valence-corrected chi connectivity index (χ2v) is 7.77. The molecule has 1 aliphatic rings. The van der Waals surface area contributed by atoms with Crippen molar-refractivity contribution in [3.8, 4) is 0 Å². The molecule has 23 heavy (non-hydrogen) atoms. The second-order valence-electron chi connectivity index (χ2n) is 5.66. The number of nitrogens with one attached hydrogen (secondary N) is 1. The smallest absolute Gasteiger partial charge is 0.193 e. The molecule has 0 radical (unpaired) electrons. The number of sulfone groups is 1. The minimum atomic E-state index is -3.26. The molecule has 1 saturated heterocycles. The summed E-state index contributed by atoms with van der Waals surface area (Å²) >= 11 is 0. The molecule has 1 fully saturated rings. The van der Waals surface area contributed by atoms with Crippen molar-refractivity contribution in [3.05, 3.63) is 30.3 Å². The summed E-state index contributed by atoms with van der Waals surface area (Å²) in [5.41, 5.74) is 0. The molecule has 0 spiro atoms. The van der Waals surface area contributed by atoms with E-state index in [1.165, 1.54) is 0 Å². The maximum atomic E-state index is 12.3. The van der Waals surface area contributed by atoms with Crippen LogP contribution in [0.2, 0.25) is 0 Å². The van der Waals surface area contributed by atoms with Crippen LogP contribution in [0.25, 0.3) is 0 Å². The van der Waals surface area contributed by atoms with Gasteiger partial charge in [-0.3, -0.25) is 4.99 Å². The fraction of sp³-hybridized carbons (Fsp3) is 0.562. The number of aliphatic imine (C=N–C) groups is 1. The summed E-state index contributed by atoms with van der Waals surface area (Å²) in [5.74, 6) is 1.31. The highest BCUT2D eigenvalue weighted by atomic mass is 32.2. The van der Waals surface area contributed by atoms with Crippen molar-refractivity contribution in [1.29, 1.82) is 0 Å². The lowest BCUT2D eigenvalue weighted by molar-refractivity contribution is 0.157. The summed E-state index contributed by atoms with van der Waals surface area (Å²) in [7, 11) is 0.169. The van der Waals surface area contributed by atoms with E-state index >= 15 is 0 Å². The number of likely N-dealkylation sites (tertiary alicyclic amines) is 1.